The molecule has 17 heavy (non-hydrogen) atoms. The SMILES string of the molecule is CCOC(=O)[C@@H](CC)S(=O)(=O)c1ccccc1. The molecule has 0 N–H and O–H groups in total. The van der Waals surface area contributed by atoms with Crippen molar-refractivity contribution in [3.05, 3.63) is 30.3 Å². The van der Waals surface area contributed by atoms with E-state index in [-0.39, 0.29) is 17.9 Å². The third-order valence-corrected chi connectivity index (χ3v) is 4.57. The molecule has 0 aliphatic heterocycles. The molecular formula is C12H16O4S. The highest BCUT2D eigenvalue weighted by molar-refractivity contribution is 7.92. The minimum absolute atomic E-state index is 0.153. The maximum Gasteiger partial charge on any atom is 0.324 e. The summed E-state index contributed by atoms with van der Waals surface area (Å²) >= 11 is 0. The maximum atomic E-state index is 12.2. The van der Waals surface area contributed by atoms with E-state index in [0.29, 0.717) is 0 Å². The second-order valence-corrected chi connectivity index (χ2v) is 5.64. The summed E-state index contributed by atoms with van der Waals surface area (Å²) in [5.41, 5.74) is 0. The van der Waals surface area contributed by atoms with Gasteiger partial charge in [-0.15, -0.1) is 0 Å². The summed E-state index contributed by atoms with van der Waals surface area (Å²) in [7, 11) is -3.65. The standard InChI is InChI=1S/C12H16O4S/c1-3-11(12(13)16-4-2)17(14,15)10-8-6-5-7-9-10/h5-9,11H,3-4H2,1-2H3/t11-/m1/s1. The van der Waals surface area contributed by atoms with Crippen LogP contribution in [0, 0.1) is 0 Å². The lowest BCUT2D eigenvalue weighted by atomic mass is 10.3. The lowest BCUT2D eigenvalue weighted by Gasteiger charge is -2.14. The number of rotatable bonds is 5. The summed E-state index contributed by atoms with van der Waals surface area (Å²) in [5.74, 6) is -0.682. The van der Waals surface area contributed by atoms with Crippen molar-refractivity contribution in [2.75, 3.05) is 6.61 Å². The van der Waals surface area contributed by atoms with E-state index in [1.165, 1.54) is 12.1 Å². The van der Waals surface area contributed by atoms with Crippen LogP contribution in [0.5, 0.6) is 0 Å². The molecular weight excluding hydrogens is 240 g/mol. The van der Waals surface area contributed by atoms with Crippen molar-refractivity contribution in [2.45, 2.75) is 30.4 Å². The van der Waals surface area contributed by atoms with Gasteiger partial charge in [0.15, 0.2) is 15.1 Å². The number of hydrogen-bond donors (Lipinski definition) is 0. The Kier molecular flexibility index (Phi) is 4.69. The van der Waals surface area contributed by atoms with Gasteiger partial charge in [0.05, 0.1) is 11.5 Å². The van der Waals surface area contributed by atoms with Gasteiger partial charge in [0.2, 0.25) is 0 Å². The van der Waals surface area contributed by atoms with Gasteiger partial charge in [-0.3, -0.25) is 4.79 Å². The van der Waals surface area contributed by atoms with Gasteiger partial charge in [-0.25, -0.2) is 8.42 Å². The van der Waals surface area contributed by atoms with Gasteiger partial charge >= 0.3 is 5.97 Å². The Hall–Kier alpha value is -1.36. The average molecular weight is 256 g/mol. The summed E-state index contributed by atoms with van der Waals surface area (Å²) in [4.78, 5) is 11.7. The van der Waals surface area contributed by atoms with Crippen LogP contribution in [-0.2, 0) is 19.4 Å². The Morgan fingerprint density at radius 3 is 2.29 bits per heavy atom. The summed E-state index contributed by atoms with van der Waals surface area (Å²) in [6.45, 7) is 3.49. The first-order valence-corrected chi connectivity index (χ1v) is 7.04. The Morgan fingerprint density at radius 2 is 1.82 bits per heavy atom. The molecule has 0 aromatic heterocycles. The molecule has 0 unspecified atom stereocenters. The topological polar surface area (TPSA) is 60.4 Å². The van der Waals surface area contributed by atoms with E-state index >= 15 is 0 Å². The summed E-state index contributed by atoms with van der Waals surface area (Å²) < 4.78 is 29.1. The molecule has 1 aromatic carbocycles. The Labute approximate surface area is 102 Å². The molecule has 0 heterocycles. The molecule has 0 saturated carbocycles. The molecule has 0 fully saturated rings. The van der Waals surface area contributed by atoms with E-state index in [4.69, 9.17) is 4.74 Å². The largest absolute Gasteiger partial charge is 0.465 e. The zero-order chi connectivity index (χ0) is 12.9. The second kappa shape index (κ2) is 5.82. The molecule has 0 radical (unpaired) electrons. The zero-order valence-corrected chi connectivity index (χ0v) is 10.7. The van der Waals surface area contributed by atoms with Crippen molar-refractivity contribution in [3.8, 4) is 0 Å². The van der Waals surface area contributed by atoms with Gasteiger partial charge in [0.1, 0.15) is 0 Å². The fourth-order valence-corrected chi connectivity index (χ4v) is 3.15. The molecule has 0 aliphatic carbocycles. The van der Waals surface area contributed by atoms with Crippen molar-refractivity contribution in [1.82, 2.24) is 0 Å². The Morgan fingerprint density at radius 1 is 1.24 bits per heavy atom. The van der Waals surface area contributed by atoms with Crippen LogP contribution in [0.25, 0.3) is 0 Å². The van der Waals surface area contributed by atoms with E-state index in [2.05, 4.69) is 0 Å². The summed E-state index contributed by atoms with van der Waals surface area (Å²) in [5, 5.41) is -1.12. The van der Waals surface area contributed by atoms with Crippen molar-refractivity contribution in [2.24, 2.45) is 0 Å². The number of carbonyl (C=O) groups excluding carboxylic acids is 1. The van der Waals surface area contributed by atoms with Gasteiger partial charge in [0, 0.05) is 0 Å². The van der Waals surface area contributed by atoms with E-state index in [1.807, 2.05) is 0 Å². The quantitative estimate of drug-likeness (QED) is 0.754. The summed E-state index contributed by atoms with van der Waals surface area (Å²) in [6.07, 6.45) is 0.204. The lowest BCUT2D eigenvalue weighted by molar-refractivity contribution is -0.142. The minimum atomic E-state index is -3.65. The fourth-order valence-electron chi connectivity index (χ4n) is 1.52. The predicted octanol–water partition coefficient (Wildman–Crippen LogP) is 1.80. The summed E-state index contributed by atoms with van der Waals surface area (Å²) in [6, 6.07) is 7.95. The molecule has 0 amide bonds. The van der Waals surface area contributed by atoms with Crippen LogP contribution in [0.15, 0.2) is 35.2 Å². The monoisotopic (exact) mass is 256 g/mol. The smallest absolute Gasteiger partial charge is 0.324 e. The van der Waals surface area contributed by atoms with Gasteiger partial charge in [0.25, 0.3) is 0 Å². The molecule has 4 nitrogen and oxygen atoms in total. The molecule has 1 rings (SSSR count). The van der Waals surface area contributed by atoms with E-state index < -0.39 is 21.1 Å². The van der Waals surface area contributed by atoms with Gasteiger partial charge in [-0.2, -0.15) is 0 Å². The molecule has 5 heteroatoms. The van der Waals surface area contributed by atoms with E-state index in [0.717, 1.165) is 0 Å². The first kappa shape index (κ1) is 13.7. The second-order valence-electron chi connectivity index (χ2n) is 3.51. The minimum Gasteiger partial charge on any atom is -0.465 e. The van der Waals surface area contributed by atoms with Gasteiger partial charge < -0.3 is 4.74 Å². The molecule has 1 aromatic rings. The number of benzene rings is 1. The third kappa shape index (κ3) is 3.06. The van der Waals surface area contributed by atoms with Crippen molar-refractivity contribution >= 4 is 15.8 Å². The number of hydrogen-bond acceptors (Lipinski definition) is 4. The van der Waals surface area contributed by atoms with Gasteiger partial charge in [-0.05, 0) is 25.5 Å². The van der Waals surface area contributed by atoms with E-state index in [9.17, 15) is 13.2 Å². The normalized spacial score (nSPS) is 13.1. The molecule has 0 aliphatic rings. The average Bonchev–Trinajstić information content (AvgIpc) is 2.31. The van der Waals surface area contributed by atoms with Crippen LogP contribution in [0.4, 0.5) is 0 Å². The molecule has 94 valence electrons. The molecule has 1 atom stereocenters. The van der Waals surface area contributed by atoms with Crippen LogP contribution < -0.4 is 0 Å². The Balaban J connectivity index is 3.07. The van der Waals surface area contributed by atoms with Gasteiger partial charge in [-0.1, -0.05) is 25.1 Å². The highest BCUT2D eigenvalue weighted by atomic mass is 32.2. The van der Waals surface area contributed by atoms with Crippen LogP contribution in [0.1, 0.15) is 20.3 Å². The fraction of sp³-hybridized carbons (Fsp3) is 0.417. The van der Waals surface area contributed by atoms with Crippen molar-refractivity contribution in [3.63, 3.8) is 0 Å². The number of carbonyl (C=O) groups is 1. The number of ether oxygens (including phenoxy) is 1. The Bertz CT molecular complexity index is 465. The maximum absolute atomic E-state index is 12.2. The predicted molar refractivity (Wildman–Crippen MR) is 64.3 cm³/mol. The first-order chi connectivity index (χ1) is 8.04. The molecule has 0 bridgehead atoms. The first-order valence-electron chi connectivity index (χ1n) is 5.49. The van der Waals surface area contributed by atoms with Crippen LogP contribution >= 0.6 is 0 Å². The zero-order valence-electron chi connectivity index (χ0n) is 9.92. The number of esters is 1. The third-order valence-electron chi connectivity index (χ3n) is 2.37. The number of sulfone groups is 1. The highest BCUT2D eigenvalue weighted by Crippen LogP contribution is 2.19. The van der Waals surface area contributed by atoms with Crippen LogP contribution in [0.2, 0.25) is 0 Å². The molecule has 0 saturated heterocycles. The van der Waals surface area contributed by atoms with Crippen molar-refractivity contribution < 1.29 is 17.9 Å². The van der Waals surface area contributed by atoms with E-state index in [1.54, 1.807) is 32.0 Å². The highest BCUT2D eigenvalue weighted by Gasteiger charge is 2.33. The van der Waals surface area contributed by atoms with Crippen molar-refractivity contribution in [1.29, 1.82) is 0 Å². The molecule has 0 spiro atoms. The lowest BCUT2D eigenvalue weighted by Crippen LogP contribution is -2.31. The van der Waals surface area contributed by atoms with Crippen LogP contribution in [0.3, 0.4) is 0 Å². The van der Waals surface area contributed by atoms with Crippen LogP contribution in [-0.4, -0.2) is 26.2 Å².